The van der Waals surface area contributed by atoms with Crippen molar-refractivity contribution in [2.75, 3.05) is 5.32 Å². The van der Waals surface area contributed by atoms with E-state index < -0.39 is 5.91 Å². The van der Waals surface area contributed by atoms with Crippen molar-refractivity contribution in [1.82, 2.24) is 0 Å². The molecular formula is C22H24N2O. The largest absolute Gasteiger partial charge is 0.321 e. The number of anilines is 1. The van der Waals surface area contributed by atoms with E-state index >= 15 is 0 Å². The molecule has 2 aromatic carbocycles. The third kappa shape index (κ3) is 5.06. The molecule has 0 radical (unpaired) electrons. The molecule has 0 unspecified atom stereocenters. The minimum atomic E-state index is -0.396. The molecule has 0 saturated carbocycles. The van der Waals surface area contributed by atoms with E-state index in [1.165, 1.54) is 11.1 Å². The summed E-state index contributed by atoms with van der Waals surface area (Å²) in [7, 11) is 0. The zero-order valence-electron chi connectivity index (χ0n) is 15.2. The van der Waals surface area contributed by atoms with Crippen molar-refractivity contribution in [1.29, 1.82) is 5.26 Å². The molecule has 25 heavy (non-hydrogen) atoms. The van der Waals surface area contributed by atoms with Crippen LogP contribution in [0.25, 0.3) is 6.08 Å². The van der Waals surface area contributed by atoms with Gasteiger partial charge in [0.2, 0.25) is 0 Å². The fraction of sp³-hybridized carbons (Fsp3) is 0.273. The Hall–Kier alpha value is -2.86. The lowest BCUT2D eigenvalue weighted by atomic mass is 10.0. The Labute approximate surface area is 150 Å². The first-order valence-electron chi connectivity index (χ1n) is 8.53. The molecule has 0 fully saturated rings. The zero-order valence-corrected chi connectivity index (χ0v) is 15.2. The molecule has 0 heterocycles. The summed E-state index contributed by atoms with van der Waals surface area (Å²) in [6, 6.07) is 17.6. The van der Waals surface area contributed by atoms with Crippen LogP contribution >= 0.6 is 0 Å². The quantitative estimate of drug-likeness (QED) is 0.582. The molecule has 0 aliphatic rings. The predicted molar refractivity (Wildman–Crippen MR) is 103 cm³/mol. The summed E-state index contributed by atoms with van der Waals surface area (Å²) in [5.41, 5.74) is 4.05. The molecule has 3 heteroatoms. The molecule has 0 spiro atoms. The predicted octanol–water partition coefficient (Wildman–Crippen LogP) is 5.48. The number of benzene rings is 2. The van der Waals surface area contributed by atoms with E-state index in [4.69, 9.17) is 0 Å². The highest BCUT2D eigenvalue weighted by Crippen LogP contribution is 2.19. The van der Waals surface area contributed by atoms with Gasteiger partial charge in [0.15, 0.2) is 0 Å². The minimum absolute atomic E-state index is 0.0882. The van der Waals surface area contributed by atoms with Crippen molar-refractivity contribution in [3.8, 4) is 6.07 Å². The average molecular weight is 332 g/mol. The van der Waals surface area contributed by atoms with Crippen LogP contribution in [-0.2, 0) is 4.79 Å². The van der Waals surface area contributed by atoms with Crippen molar-refractivity contribution < 1.29 is 4.79 Å². The molecule has 0 aliphatic carbocycles. The van der Waals surface area contributed by atoms with Gasteiger partial charge in [0.05, 0.1) is 0 Å². The van der Waals surface area contributed by atoms with Crippen LogP contribution in [0.15, 0.2) is 54.1 Å². The van der Waals surface area contributed by atoms with Gasteiger partial charge in [-0.25, -0.2) is 0 Å². The van der Waals surface area contributed by atoms with Gasteiger partial charge in [0, 0.05) is 5.69 Å². The van der Waals surface area contributed by atoms with Crippen molar-refractivity contribution >= 4 is 17.7 Å². The minimum Gasteiger partial charge on any atom is -0.321 e. The van der Waals surface area contributed by atoms with Crippen LogP contribution in [0.1, 0.15) is 56.2 Å². The third-order valence-corrected chi connectivity index (χ3v) is 4.11. The molecule has 1 amide bonds. The fourth-order valence-corrected chi connectivity index (χ4v) is 2.44. The molecule has 0 saturated heterocycles. The Morgan fingerprint density at radius 2 is 1.40 bits per heavy atom. The summed E-state index contributed by atoms with van der Waals surface area (Å²) < 4.78 is 0. The van der Waals surface area contributed by atoms with E-state index in [0.717, 1.165) is 5.56 Å². The van der Waals surface area contributed by atoms with Gasteiger partial charge >= 0.3 is 0 Å². The lowest BCUT2D eigenvalue weighted by Gasteiger charge is -2.08. The molecule has 0 atom stereocenters. The number of rotatable bonds is 5. The highest BCUT2D eigenvalue weighted by Gasteiger charge is 2.10. The van der Waals surface area contributed by atoms with E-state index in [-0.39, 0.29) is 5.57 Å². The summed E-state index contributed by atoms with van der Waals surface area (Å²) in [4.78, 5) is 12.3. The van der Waals surface area contributed by atoms with Gasteiger partial charge < -0.3 is 5.32 Å². The molecule has 0 bridgehead atoms. The number of nitriles is 1. The number of hydrogen-bond acceptors (Lipinski definition) is 2. The number of hydrogen-bond donors (Lipinski definition) is 1. The lowest BCUT2D eigenvalue weighted by molar-refractivity contribution is -0.112. The van der Waals surface area contributed by atoms with Crippen LogP contribution in [0, 0.1) is 11.3 Å². The summed E-state index contributed by atoms with van der Waals surface area (Å²) in [6.45, 7) is 8.50. The maximum absolute atomic E-state index is 12.3. The average Bonchev–Trinajstić information content (AvgIpc) is 2.60. The van der Waals surface area contributed by atoms with Gasteiger partial charge in [-0.1, -0.05) is 64.1 Å². The second-order valence-corrected chi connectivity index (χ2v) is 6.72. The molecule has 2 rings (SSSR count). The van der Waals surface area contributed by atoms with Crippen LogP contribution < -0.4 is 5.32 Å². The highest BCUT2D eigenvalue weighted by atomic mass is 16.1. The summed E-state index contributed by atoms with van der Waals surface area (Å²) in [5, 5.41) is 12.1. The molecule has 0 aromatic heterocycles. The fourth-order valence-electron chi connectivity index (χ4n) is 2.44. The molecule has 3 nitrogen and oxygen atoms in total. The maximum Gasteiger partial charge on any atom is 0.266 e. The van der Waals surface area contributed by atoms with Gasteiger partial charge in [-0.05, 0) is 46.7 Å². The topological polar surface area (TPSA) is 52.9 Å². The molecular weight excluding hydrogens is 308 g/mol. The number of nitrogens with one attached hydrogen (secondary N) is 1. The third-order valence-electron chi connectivity index (χ3n) is 4.11. The monoisotopic (exact) mass is 332 g/mol. The van der Waals surface area contributed by atoms with E-state index in [1.54, 1.807) is 6.08 Å². The van der Waals surface area contributed by atoms with E-state index in [1.807, 2.05) is 54.6 Å². The van der Waals surface area contributed by atoms with Crippen molar-refractivity contribution in [3.05, 3.63) is 70.8 Å². The first-order valence-corrected chi connectivity index (χ1v) is 8.53. The maximum atomic E-state index is 12.3. The molecule has 0 aliphatic heterocycles. The number of amides is 1. The highest BCUT2D eigenvalue weighted by molar-refractivity contribution is 6.09. The molecule has 1 N–H and O–H groups in total. The summed E-state index contributed by atoms with van der Waals surface area (Å²) in [6.07, 6.45) is 1.61. The van der Waals surface area contributed by atoms with Crippen molar-refractivity contribution in [2.45, 2.75) is 39.5 Å². The lowest BCUT2D eigenvalue weighted by Crippen LogP contribution is -2.13. The normalized spacial score (nSPS) is 11.5. The standard InChI is InChI=1S/C22H24N2O/c1-15(2)18-7-5-17(6-8-18)13-20(14-23)22(25)24-21-11-9-19(10-12-21)16(3)4/h5-13,15-16H,1-4H3,(H,24,25). The van der Waals surface area contributed by atoms with Gasteiger partial charge in [-0.3, -0.25) is 4.79 Å². The van der Waals surface area contributed by atoms with Crippen LogP contribution in [0.4, 0.5) is 5.69 Å². The van der Waals surface area contributed by atoms with E-state index in [2.05, 4.69) is 33.0 Å². The summed E-state index contributed by atoms with van der Waals surface area (Å²) >= 11 is 0. The number of carbonyl (C=O) groups is 1. The van der Waals surface area contributed by atoms with Crippen molar-refractivity contribution in [3.63, 3.8) is 0 Å². The van der Waals surface area contributed by atoms with Crippen LogP contribution in [0.5, 0.6) is 0 Å². The number of carbonyl (C=O) groups excluding carboxylic acids is 1. The van der Waals surface area contributed by atoms with Crippen molar-refractivity contribution in [2.24, 2.45) is 0 Å². The molecule has 2 aromatic rings. The van der Waals surface area contributed by atoms with E-state index in [0.29, 0.717) is 17.5 Å². The van der Waals surface area contributed by atoms with Gasteiger partial charge in [-0.2, -0.15) is 5.26 Å². The first-order chi connectivity index (χ1) is 11.9. The Morgan fingerprint density at radius 1 is 0.920 bits per heavy atom. The smallest absolute Gasteiger partial charge is 0.266 e. The second kappa shape index (κ2) is 8.30. The van der Waals surface area contributed by atoms with Crippen LogP contribution in [0.3, 0.4) is 0 Å². The van der Waals surface area contributed by atoms with Gasteiger partial charge in [-0.15, -0.1) is 0 Å². The van der Waals surface area contributed by atoms with Crippen LogP contribution in [-0.4, -0.2) is 5.91 Å². The Balaban J connectivity index is 2.13. The van der Waals surface area contributed by atoms with Crippen LogP contribution in [0.2, 0.25) is 0 Å². The SMILES string of the molecule is CC(C)c1ccc(C=C(C#N)C(=O)Nc2ccc(C(C)C)cc2)cc1. The molecule has 128 valence electrons. The van der Waals surface area contributed by atoms with E-state index in [9.17, 15) is 10.1 Å². The Morgan fingerprint density at radius 3 is 1.84 bits per heavy atom. The number of nitrogens with zero attached hydrogens (tertiary/aromatic N) is 1. The van der Waals surface area contributed by atoms with Gasteiger partial charge in [0.25, 0.3) is 5.91 Å². The van der Waals surface area contributed by atoms with Gasteiger partial charge in [0.1, 0.15) is 11.6 Å². The second-order valence-electron chi connectivity index (χ2n) is 6.72. The Bertz CT molecular complexity index is 791. The summed E-state index contributed by atoms with van der Waals surface area (Å²) in [5.74, 6) is 0.492. The first kappa shape index (κ1) is 18.5. The Kier molecular flexibility index (Phi) is 6.14. The zero-order chi connectivity index (χ0) is 18.4.